The van der Waals surface area contributed by atoms with Crippen molar-refractivity contribution in [2.45, 2.75) is 27.7 Å². The van der Waals surface area contributed by atoms with Crippen LogP contribution in [0.5, 0.6) is 0 Å². The van der Waals surface area contributed by atoms with E-state index in [1.165, 1.54) is 0 Å². The van der Waals surface area contributed by atoms with Crippen LogP contribution in [0.3, 0.4) is 0 Å². The number of hydrogen-bond donors (Lipinski definition) is 2. The van der Waals surface area contributed by atoms with Crippen molar-refractivity contribution in [1.82, 2.24) is 9.97 Å². The normalized spacial score (nSPS) is 11.0. The average Bonchev–Trinajstić information content (AvgIpc) is 2.26. The predicted molar refractivity (Wildman–Crippen MR) is 74.9 cm³/mol. The number of amidine groups is 1. The summed E-state index contributed by atoms with van der Waals surface area (Å²) in [6.07, 6.45) is 3.22. The van der Waals surface area contributed by atoms with Crippen molar-refractivity contribution in [3.05, 3.63) is 18.1 Å². The van der Waals surface area contributed by atoms with Gasteiger partial charge in [-0.2, -0.15) is 0 Å². The summed E-state index contributed by atoms with van der Waals surface area (Å²) in [7, 11) is 0. The van der Waals surface area contributed by atoms with Crippen molar-refractivity contribution in [3.8, 4) is 0 Å². The van der Waals surface area contributed by atoms with Crippen molar-refractivity contribution >= 4 is 11.7 Å². The van der Waals surface area contributed by atoms with E-state index in [1.54, 1.807) is 12.4 Å². The lowest BCUT2D eigenvalue weighted by Gasteiger charge is -2.28. The maximum Gasteiger partial charge on any atom is 0.158 e. The average molecular weight is 249 g/mol. The Hall–Kier alpha value is -1.65. The van der Waals surface area contributed by atoms with Gasteiger partial charge in [0.1, 0.15) is 11.5 Å². The van der Waals surface area contributed by atoms with E-state index in [9.17, 15) is 0 Å². The van der Waals surface area contributed by atoms with E-state index in [4.69, 9.17) is 11.1 Å². The molecule has 1 aromatic heterocycles. The van der Waals surface area contributed by atoms with Gasteiger partial charge in [-0.15, -0.1) is 0 Å². The molecule has 0 aliphatic rings. The molecule has 0 spiro atoms. The van der Waals surface area contributed by atoms with Gasteiger partial charge in [0.15, 0.2) is 5.82 Å². The first kappa shape index (κ1) is 14.4. The van der Waals surface area contributed by atoms with Crippen LogP contribution < -0.4 is 10.6 Å². The molecule has 0 radical (unpaired) electrons. The predicted octanol–water partition coefficient (Wildman–Crippen LogP) is 1.88. The zero-order valence-corrected chi connectivity index (χ0v) is 11.6. The highest BCUT2D eigenvalue weighted by Gasteiger charge is 2.17. The van der Waals surface area contributed by atoms with Crippen molar-refractivity contribution in [2.24, 2.45) is 17.6 Å². The summed E-state index contributed by atoms with van der Waals surface area (Å²) in [6, 6.07) is 0. The monoisotopic (exact) mass is 249 g/mol. The van der Waals surface area contributed by atoms with Crippen LogP contribution in [0.15, 0.2) is 12.4 Å². The maximum atomic E-state index is 7.58. The van der Waals surface area contributed by atoms with E-state index < -0.39 is 0 Å². The lowest BCUT2D eigenvalue weighted by molar-refractivity contribution is 0.548. The van der Waals surface area contributed by atoms with Crippen molar-refractivity contribution < 1.29 is 0 Å². The van der Waals surface area contributed by atoms with E-state index in [-0.39, 0.29) is 5.84 Å². The van der Waals surface area contributed by atoms with E-state index in [2.05, 4.69) is 42.6 Å². The van der Waals surface area contributed by atoms with E-state index in [1.807, 2.05) is 0 Å². The van der Waals surface area contributed by atoms with Crippen molar-refractivity contribution in [2.75, 3.05) is 18.0 Å². The Labute approximate surface area is 109 Å². The zero-order valence-electron chi connectivity index (χ0n) is 11.6. The Balaban J connectivity index is 3.07. The van der Waals surface area contributed by atoms with E-state index >= 15 is 0 Å². The zero-order chi connectivity index (χ0) is 13.7. The lowest BCUT2D eigenvalue weighted by Crippen LogP contribution is -2.34. The minimum atomic E-state index is -0.0318. The Kier molecular flexibility index (Phi) is 5.07. The smallest absolute Gasteiger partial charge is 0.158 e. The van der Waals surface area contributed by atoms with Gasteiger partial charge in [0.25, 0.3) is 0 Å². The molecule has 1 rings (SSSR count). The quantitative estimate of drug-likeness (QED) is 0.596. The molecule has 0 amide bonds. The fraction of sp³-hybridized carbons (Fsp3) is 0.615. The van der Waals surface area contributed by atoms with Gasteiger partial charge in [0.2, 0.25) is 0 Å². The highest BCUT2D eigenvalue weighted by molar-refractivity contribution is 5.97. The second-order valence-electron chi connectivity index (χ2n) is 5.33. The van der Waals surface area contributed by atoms with Crippen LogP contribution in [0.25, 0.3) is 0 Å². The highest BCUT2D eigenvalue weighted by atomic mass is 15.2. The number of rotatable bonds is 6. The van der Waals surface area contributed by atoms with Crippen molar-refractivity contribution in [3.63, 3.8) is 0 Å². The topological polar surface area (TPSA) is 78.9 Å². The van der Waals surface area contributed by atoms with Crippen LogP contribution in [0, 0.1) is 17.2 Å². The minimum Gasteiger partial charge on any atom is -0.382 e. The number of nitrogens with two attached hydrogens (primary N) is 1. The fourth-order valence-electron chi connectivity index (χ4n) is 1.88. The molecule has 5 nitrogen and oxygen atoms in total. The molecule has 0 bridgehead atoms. The molecule has 100 valence electrons. The van der Waals surface area contributed by atoms with Crippen LogP contribution in [-0.2, 0) is 0 Å². The standard InChI is InChI=1S/C13H23N5/c1-9(2)7-18(8-10(3)4)13-11(12(14)15)16-5-6-17-13/h5-6,9-10H,7-8H2,1-4H3,(H3,14,15). The van der Waals surface area contributed by atoms with Gasteiger partial charge < -0.3 is 10.6 Å². The molecular weight excluding hydrogens is 226 g/mol. The molecule has 0 saturated heterocycles. The molecule has 1 heterocycles. The molecule has 0 saturated carbocycles. The van der Waals surface area contributed by atoms with Crippen molar-refractivity contribution in [1.29, 1.82) is 5.41 Å². The molecule has 0 aliphatic heterocycles. The molecule has 0 unspecified atom stereocenters. The summed E-state index contributed by atoms with van der Waals surface area (Å²) >= 11 is 0. The highest BCUT2D eigenvalue weighted by Crippen LogP contribution is 2.17. The Morgan fingerprint density at radius 3 is 2.11 bits per heavy atom. The Morgan fingerprint density at radius 2 is 1.67 bits per heavy atom. The van der Waals surface area contributed by atoms with Gasteiger partial charge in [0, 0.05) is 25.5 Å². The van der Waals surface area contributed by atoms with Crippen LogP contribution >= 0.6 is 0 Å². The number of nitrogen functional groups attached to an aromatic ring is 1. The van der Waals surface area contributed by atoms with Crippen LogP contribution in [-0.4, -0.2) is 28.9 Å². The van der Waals surface area contributed by atoms with Gasteiger partial charge in [-0.05, 0) is 11.8 Å². The summed E-state index contributed by atoms with van der Waals surface area (Å²) in [5.74, 6) is 1.72. The summed E-state index contributed by atoms with van der Waals surface area (Å²) in [5.41, 5.74) is 6.04. The molecule has 18 heavy (non-hydrogen) atoms. The molecular formula is C13H23N5. The first-order valence-electron chi connectivity index (χ1n) is 6.32. The molecule has 0 aliphatic carbocycles. The number of anilines is 1. The van der Waals surface area contributed by atoms with Crippen LogP contribution in [0.2, 0.25) is 0 Å². The van der Waals surface area contributed by atoms with E-state index in [0.29, 0.717) is 23.3 Å². The second-order valence-corrected chi connectivity index (χ2v) is 5.33. The SMILES string of the molecule is CC(C)CN(CC(C)C)c1nccnc1C(=N)N. The Bertz CT molecular complexity index is 390. The fourth-order valence-corrected chi connectivity index (χ4v) is 1.88. The van der Waals surface area contributed by atoms with Gasteiger partial charge in [-0.1, -0.05) is 27.7 Å². The summed E-state index contributed by atoms with van der Waals surface area (Å²) < 4.78 is 0. The first-order valence-corrected chi connectivity index (χ1v) is 6.32. The molecule has 0 aromatic carbocycles. The summed E-state index contributed by atoms with van der Waals surface area (Å²) in [5, 5.41) is 7.58. The number of aromatic nitrogens is 2. The third-order valence-electron chi connectivity index (χ3n) is 2.40. The Morgan fingerprint density at radius 1 is 1.17 bits per heavy atom. The minimum absolute atomic E-state index is 0.0318. The molecule has 5 heteroatoms. The number of nitrogens with zero attached hydrogens (tertiary/aromatic N) is 3. The second kappa shape index (κ2) is 6.33. The third-order valence-corrected chi connectivity index (χ3v) is 2.40. The summed E-state index contributed by atoms with van der Waals surface area (Å²) in [6.45, 7) is 10.4. The molecule has 1 aromatic rings. The first-order chi connectivity index (χ1) is 8.41. The third kappa shape index (κ3) is 3.98. The largest absolute Gasteiger partial charge is 0.382 e. The lowest BCUT2D eigenvalue weighted by atomic mass is 10.1. The maximum absolute atomic E-state index is 7.58. The summed E-state index contributed by atoms with van der Waals surface area (Å²) in [4.78, 5) is 10.7. The van der Waals surface area contributed by atoms with E-state index in [0.717, 1.165) is 13.1 Å². The molecule has 0 atom stereocenters. The van der Waals surface area contributed by atoms with Gasteiger partial charge in [0.05, 0.1) is 0 Å². The van der Waals surface area contributed by atoms with Crippen LogP contribution in [0.1, 0.15) is 33.4 Å². The number of nitrogens with one attached hydrogen (secondary N) is 1. The van der Waals surface area contributed by atoms with Gasteiger partial charge >= 0.3 is 0 Å². The molecule has 0 fully saturated rings. The number of hydrogen-bond acceptors (Lipinski definition) is 4. The van der Waals surface area contributed by atoms with Gasteiger partial charge in [-0.25, -0.2) is 9.97 Å². The molecule has 3 N–H and O–H groups in total. The van der Waals surface area contributed by atoms with Gasteiger partial charge in [-0.3, -0.25) is 5.41 Å². The van der Waals surface area contributed by atoms with Crippen LogP contribution in [0.4, 0.5) is 5.82 Å².